The lowest BCUT2D eigenvalue weighted by atomic mass is 10.2. The fourth-order valence-corrected chi connectivity index (χ4v) is 3.10. The van der Waals surface area contributed by atoms with Gasteiger partial charge in [0.1, 0.15) is 10.7 Å². The van der Waals surface area contributed by atoms with Crippen molar-refractivity contribution < 1.29 is 9.53 Å². The number of ether oxygens (including phenoxy) is 1. The highest BCUT2D eigenvalue weighted by molar-refractivity contribution is 7.09. The number of fused-ring (bicyclic) bond motifs is 1. The molecule has 0 saturated heterocycles. The summed E-state index contributed by atoms with van der Waals surface area (Å²) in [6, 6.07) is 7.95. The third kappa shape index (κ3) is 2.88. The van der Waals surface area contributed by atoms with Gasteiger partial charge in [0.2, 0.25) is 0 Å². The fourth-order valence-electron chi connectivity index (χ4n) is 2.35. The highest BCUT2D eigenvalue weighted by Gasteiger charge is 2.11. The molecule has 5 nitrogen and oxygen atoms in total. The lowest BCUT2D eigenvalue weighted by molar-refractivity contribution is 0.102. The Morgan fingerprint density at radius 3 is 3.05 bits per heavy atom. The van der Waals surface area contributed by atoms with Gasteiger partial charge in [-0.2, -0.15) is 0 Å². The van der Waals surface area contributed by atoms with E-state index in [0.717, 1.165) is 28.1 Å². The summed E-state index contributed by atoms with van der Waals surface area (Å²) in [6.07, 6.45) is 2.05. The number of rotatable bonds is 5. The van der Waals surface area contributed by atoms with Crippen molar-refractivity contribution in [2.75, 3.05) is 12.4 Å². The molecule has 2 heterocycles. The van der Waals surface area contributed by atoms with Gasteiger partial charge in [0, 0.05) is 41.8 Å². The van der Waals surface area contributed by atoms with E-state index in [1.165, 1.54) is 11.3 Å². The van der Waals surface area contributed by atoms with E-state index in [0.29, 0.717) is 12.3 Å². The van der Waals surface area contributed by atoms with Gasteiger partial charge in [0.15, 0.2) is 0 Å². The highest BCUT2D eigenvalue weighted by Crippen LogP contribution is 2.21. The maximum absolute atomic E-state index is 12.2. The first kappa shape index (κ1) is 14.7. The van der Waals surface area contributed by atoms with Crippen LogP contribution in [0.15, 0.2) is 35.8 Å². The molecule has 114 valence electrons. The average Bonchev–Trinajstić information content (AvgIpc) is 3.13. The maximum atomic E-state index is 12.2. The number of thiazole rings is 1. The second-order valence-electron chi connectivity index (χ2n) is 4.89. The van der Waals surface area contributed by atoms with Crippen LogP contribution < -0.4 is 5.32 Å². The van der Waals surface area contributed by atoms with Crippen LogP contribution in [-0.2, 0) is 17.9 Å². The maximum Gasteiger partial charge on any atom is 0.275 e. The molecule has 0 unspecified atom stereocenters. The molecule has 1 amide bonds. The Labute approximate surface area is 132 Å². The number of amides is 1. The molecular formula is C16H17N3O2S. The Balaban J connectivity index is 1.78. The Bertz CT molecular complexity index is 807. The number of nitrogens with zero attached hydrogens (tertiary/aromatic N) is 2. The Hall–Kier alpha value is -2.18. The van der Waals surface area contributed by atoms with Crippen LogP contribution in [0.5, 0.6) is 0 Å². The summed E-state index contributed by atoms with van der Waals surface area (Å²) < 4.78 is 7.18. The monoisotopic (exact) mass is 315 g/mol. The number of benzene rings is 1. The van der Waals surface area contributed by atoms with Gasteiger partial charge in [-0.05, 0) is 31.2 Å². The number of nitrogens with one attached hydrogen (secondary N) is 1. The normalized spacial score (nSPS) is 11.0. The van der Waals surface area contributed by atoms with Crippen molar-refractivity contribution in [1.82, 2.24) is 9.55 Å². The molecule has 0 bridgehead atoms. The molecule has 1 N–H and O–H groups in total. The van der Waals surface area contributed by atoms with E-state index < -0.39 is 0 Å². The van der Waals surface area contributed by atoms with Crippen molar-refractivity contribution in [3.63, 3.8) is 0 Å². The number of aromatic nitrogens is 2. The molecule has 1 aromatic carbocycles. The number of carbonyl (C=O) groups excluding carboxylic acids is 1. The summed E-state index contributed by atoms with van der Waals surface area (Å²) in [4.78, 5) is 16.5. The van der Waals surface area contributed by atoms with Crippen molar-refractivity contribution in [1.29, 1.82) is 0 Å². The number of anilines is 1. The molecule has 0 aliphatic heterocycles. The SMILES string of the molecule is CCn1ccc2cc(NC(=O)c3csc(COC)n3)ccc21. The summed E-state index contributed by atoms with van der Waals surface area (Å²) in [6.45, 7) is 3.46. The average molecular weight is 315 g/mol. The van der Waals surface area contributed by atoms with Crippen molar-refractivity contribution in [2.24, 2.45) is 0 Å². The van der Waals surface area contributed by atoms with Gasteiger partial charge in [0.25, 0.3) is 5.91 Å². The second kappa shape index (κ2) is 6.29. The zero-order valence-electron chi connectivity index (χ0n) is 12.5. The van der Waals surface area contributed by atoms with E-state index in [4.69, 9.17) is 4.74 Å². The predicted molar refractivity (Wildman–Crippen MR) is 88.4 cm³/mol. The fraction of sp³-hybridized carbons (Fsp3) is 0.250. The van der Waals surface area contributed by atoms with Gasteiger partial charge >= 0.3 is 0 Å². The number of methoxy groups -OCH3 is 1. The van der Waals surface area contributed by atoms with Crippen molar-refractivity contribution in [3.05, 3.63) is 46.5 Å². The summed E-state index contributed by atoms with van der Waals surface area (Å²) in [5.74, 6) is -0.201. The molecule has 0 fully saturated rings. The summed E-state index contributed by atoms with van der Waals surface area (Å²) in [5.41, 5.74) is 2.35. The lowest BCUT2D eigenvalue weighted by Crippen LogP contribution is -2.12. The van der Waals surface area contributed by atoms with Crippen LogP contribution in [-0.4, -0.2) is 22.6 Å². The van der Waals surface area contributed by atoms with Crippen molar-refractivity contribution in [2.45, 2.75) is 20.1 Å². The van der Waals surface area contributed by atoms with Crippen LogP contribution >= 0.6 is 11.3 Å². The zero-order chi connectivity index (χ0) is 15.5. The third-order valence-corrected chi connectivity index (χ3v) is 4.24. The summed E-state index contributed by atoms with van der Waals surface area (Å²) in [5, 5.41) is 6.54. The number of aryl methyl sites for hydroxylation is 1. The minimum absolute atomic E-state index is 0.201. The Morgan fingerprint density at radius 2 is 2.27 bits per heavy atom. The van der Waals surface area contributed by atoms with Crippen LogP contribution in [0.3, 0.4) is 0 Å². The van der Waals surface area contributed by atoms with Crippen LogP contribution in [0.1, 0.15) is 22.4 Å². The minimum Gasteiger partial charge on any atom is -0.378 e. The van der Waals surface area contributed by atoms with E-state index in [2.05, 4.69) is 21.8 Å². The lowest BCUT2D eigenvalue weighted by Gasteiger charge is -2.05. The summed E-state index contributed by atoms with van der Waals surface area (Å²) >= 11 is 1.42. The first-order chi connectivity index (χ1) is 10.7. The van der Waals surface area contributed by atoms with Gasteiger partial charge in [0.05, 0.1) is 6.61 Å². The standard InChI is InChI=1S/C16H17N3O2S/c1-3-19-7-6-11-8-12(4-5-14(11)19)17-16(20)13-10-22-15(18-13)9-21-2/h4-8,10H,3,9H2,1-2H3,(H,17,20). The van der Waals surface area contributed by atoms with Crippen LogP contribution in [0.25, 0.3) is 10.9 Å². The molecule has 0 aliphatic carbocycles. The molecule has 0 radical (unpaired) electrons. The molecule has 22 heavy (non-hydrogen) atoms. The molecule has 0 atom stereocenters. The topological polar surface area (TPSA) is 56.2 Å². The molecule has 6 heteroatoms. The van der Waals surface area contributed by atoms with E-state index in [1.54, 1.807) is 12.5 Å². The smallest absolute Gasteiger partial charge is 0.275 e. The Morgan fingerprint density at radius 1 is 1.41 bits per heavy atom. The molecule has 3 aromatic rings. The van der Waals surface area contributed by atoms with Crippen molar-refractivity contribution in [3.8, 4) is 0 Å². The zero-order valence-corrected chi connectivity index (χ0v) is 13.3. The summed E-state index contributed by atoms with van der Waals surface area (Å²) in [7, 11) is 1.61. The van der Waals surface area contributed by atoms with E-state index in [1.807, 2.05) is 30.5 Å². The molecule has 2 aromatic heterocycles. The first-order valence-corrected chi connectivity index (χ1v) is 7.93. The van der Waals surface area contributed by atoms with Gasteiger partial charge in [-0.15, -0.1) is 11.3 Å². The quantitative estimate of drug-likeness (QED) is 0.784. The molecule has 0 aliphatic rings. The van der Waals surface area contributed by atoms with Gasteiger partial charge < -0.3 is 14.6 Å². The van der Waals surface area contributed by atoms with Crippen LogP contribution in [0.2, 0.25) is 0 Å². The molecule has 0 spiro atoms. The largest absolute Gasteiger partial charge is 0.378 e. The van der Waals surface area contributed by atoms with E-state index in [9.17, 15) is 4.79 Å². The van der Waals surface area contributed by atoms with E-state index in [-0.39, 0.29) is 5.91 Å². The van der Waals surface area contributed by atoms with E-state index >= 15 is 0 Å². The van der Waals surface area contributed by atoms with Crippen LogP contribution in [0, 0.1) is 0 Å². The molecule has 3 rings (SSSR count). The van der Waals surface area contributed by atoms with Crippen molar-refractivity contribution >= 4 is 33.8 Å². The highest BCUT2D eigenvalue weighted by atomic mass is 32.1. The Kier molecular flexibility index (Phi) is 4.22. The predicted octanol–water partition coefficient (Wildman–Crippen LogP) is 3.52. The number of hydrogen-bond acceptors (Lipinski definition) is 4. The molecule has 0 saturated carbocycles. The third-order valence-electron chi connectivity index (χ3n) is 3.42. The number of hydrogen-bond donors (Lipinski definition) is 1. The minimum atomic E-state index is -0.201. The number of carbonyl (C=O) groups is 1. The first-order valence-electron chi connectivity index (χ1n) is 7.05. The van der Waals surface area contributed by atoms with Gasteiger partial charge in [-0.25, -0.2) is 4.98 Å². The van der Waals surface area contributed by atoms with Gasteiger partial charge in [-0.3, -0.25) is 4.79 Å². The van der Waals surface area contributed by atoms with Crippen LogP contribution in [0.4, 0.5) is 5.69 Å². The van der Waals surface area contributed by atoms with Gasteiger partial charge in [-0.1, -0.05) is 0 Å². The second-order valence-corrected chi connectivity index (χ2v) is 5.83. The molecular weight excluding hydrogens is 298 g/mol.